The third-order valence-corrected chi connectivity index (χ3v) is 4.01. The van der Waals surface area contributed by atoms with Crippen molar-refractivity contribution in [2.75, 3.05) is 5.32 Å². The molecule has 2 N–H and O–H groups in total. The van der Waals surface area contributed by atoms with Crippen molar-refractivity contribution >= 4 is 22.7 Å². The highest BCUT2D eigenvalue weighted by Crippen LogP contribution is 2.33. The number of rotatable bonds is 4. The lowest BCUT2D eigenvalue weighted by Gasteiger charge is -2.08. The molecule has 0 bridgehead atoms. The molecule has 0 fully saturated rings. The number of anilines is 1. The number of amides is 1. The molecule has 5 nitrogen and oxygen atoms in total. The van der Waals surface area contributed by atoms with E-state index >= 15 is 0 Å². The van der Waals surface area contributed by atoms with Gasteiger partial charge in [-0.25, -0.2) is 4.98 Å². The van der Waals surface area contributed by atoms with Crippen LogP contribution in [-0.4, -0.2) is 16.0 Å². The minimum Gasteiger partial charge on any atom is -0.507 e. The summed E-state index contributed by atoms with van der Waals surface area (Å²) in [6.07, 6.45) is 0.278. The minimum absolute atomic E-state index is 0.0395. The summed E-state index contributed by atoms with van der Waals surface area (Å²) in [6.45, 7) is 0. The van der Waals surface area contributed by atoms with Gasteiger partial charge in [-0.3, -0.25) is 4.79 Å². The van der Waals surface area contributed by atoms with Gasteiger partial charge in [0.25, 0.3) is 0 Å². The van der Waals surface area contributed by atoms with Gasteiger partial charge in [-0.15, -0.1) is 0 Å². The van der Waals surface area contributed by atoms with Gasteiger partial charge >= 0.3 is 0 Å². The van der Waals surface area contributed by atoms with Gasteiger partial charge < -0.3 is 14.8 Å². The first-order chi connectivity index (χ1) is 12.7. The minimum atomic E-state index is -0.134. The monoisotopic (exact) mass is 344 g/mol. The molecule has 1 amide bonds. The number of para-hydroxylation sites is 2. The Hall–Kier alpha value is -3.60. The van der Waals surface area contributed by atoms with Crippen LogP contribution >= 0.6 is 0 Å². The molecule has 0 aliphatic carbocycles. The van der Waals surface area contributed by atoms with Crippen LogP contribution in [0.25, 0.3) is 22.6 Å². The highest BCUT2D eigenvalue weighted by atomic mass is 16.3. The predicted octanol–water partition coefficient (Wildman–Crippen LogP) is 4.38. The molecule has 5 heteroatoms. The molecule has 0 spiro atoms. The Balaban J connectivity index is 1.59. The molecule has 1 aromatic heterocycles. The molecule has 128 valence electrons. The fourth-order valence-electron chi connectivity index (χ4n) is 2.76. The maximum Gasteiger partial charge on any atom is 0.231 e. The number of nitrogens with zero attached hydrogens (tertiary/aromatic N) is 1. The molecule has 26 heavy (non-hydrogen) atoms. The fraction of sp³-hybridized carbons (Fsp3) is 0.0476. The SMILES string of the molecule is O=C(Cc1ccccc1)Nc1ccc(O)c(-c2nc3ccccc3o2)c1. The van der Waals surface area contributed by atoms with Crippen LogP contribution in [0.5, 0.6) is 5.75 Å². The number of benzene rings is 3. The number of carbonyl (C=O) groups is 1. The average Bonchev–Trinajstić information content (AvgIpc) is 3.08. The zero-order chi connectivity index (χ0) is 17.9. The summed E-state index contributed by atoms with van der Waals surface area (Å²) in [4.78, 5) is 16.6. The molecule has 0 saturated heterocycles. The number of oxazole rings is 1. The van der Waals surface area contributed by atoms with Crippen LogP contribution in [0.2, 0.25) is 0 Å². The van der Waals surface area contributed by atoms with Crippen LogP contribution in [0.4, 0.5) is 5.69 Å². The van der Waals surface area contributed by atoms with Gasteiger partial charge in [-0.2, -0.15) is 0 Å². The van der Waals surface area contributed by atoms with E-state index in [1.54, 1.807) is 12.1 Å². The van der Waals surface area contributed by atoms with E-state index in [0.29, 0.717) is 28.2 Å². The van der Waals surface area contributed by atoms with Gasteiger partial charge in [0, 0.05) is 5.69 Å². The van der Waals surface area contributed by atoms with E-state index in [1.165, 1.54) is 6.07 Å². The topological polar surface area (TPSA) is 75.4 Å². The van der Waals surface area contributed by atoms with Crippen LogP contribution in [0.3, 0.4) is 0 Å². The first kappa shape index (κ1) is 15.9. The first-order valence-electron chi connectivity index (χ1n) is 8.22. The molecular weight excluding hydrogens is 328 g/mol. The normalized spacial score (nSPS) is 10.8. The van der Waals surface area contributed by atoms with E-state index in [2.05, 4.69) is 10.3 Å². The summed E-state index contributed by atoms with van der Waals surface area (Å²) in [5, 5.41) is 13.0. The summed E-state index contributed by atoms with van der Waals surface area (Å²) in [7, 11) is 0. The second-order valence-corrected chi connectivity index (χ2v) is 5.93. The smallest absolute Gasteiger partial charge is 0.231 e. The van der Waals surface area contributed by atoms with Crippen LogP contribution < -0.4 is 5.32 Å². The van der Waals surface area contributed by atoms with Gasteiger partial charge in [0.2, 0.25) is 11.8 Å². The zero-order valence-corrected chi connectivity index (χ0v) is 13.8. The summed E-state index contributed by atoms with van der Waals surface area (Å²) >= 11 is 0. The molecule has 0 aliphatic heterocycles. The quantitative estimate of drug-likeness (QED) is 0.539. The Morgan fingerprint density at radius 3 is 2.58 bits per heavy atom. The summed E-state index contributed by atoms with van der Waals surface area (Å²) < 4.78 is 5.71. The second-order valence-electron chi connectivity index (χ2n) is 5.93. The van der Waals surface area contributed by atoms with Crippen molar-refractivity contribution in [2.24, 2.45) is 0 Å². The Bertz CT molecular complexity index is 1040. The number of hydrogen-bond acceptors (Lipinski definition) is 4. The fourth-order valence-corrected chi connectivity index (χ4v) is 2.76. The third-order valence-electron chi connectivity index (χ3n) is 4.01. The summed E-state index contributed by atoms with van der Waals surface area (Å²) in [5.41, 5.74) is 3.28. The Labute approximate surface area is 149 Å². The maximum atomic E-state index is 12.2. The maximum absolute atomic E-state index is 12.2. The van der Waals surface area contributed by atoms with Crippen LogP contribution in [0.1, 0.15) is 5.56 Å². The van der Waals surface area contributed by atoms with Gasteiger partial charge in [0.15, 0.2) is 5.58 Å². The van der Waals surface area contributed by atoms with E-state index in [-0.39, 0.29) is 18.1 Å². The molecule has 0 unspecified atom stereocenters. The first-order valence-corrected chi connectivity index (χ1v) is 8.22. The van der Waals surface area contributed by atoms with Gasteiger partial charge in [0.05, 0.1) is 12.0 Å². The largest absolute Gasteiger partial charge is 0.507 e. The van der Waals surface area contributed by atoms with Crippen molar-refractivity contribution < 1.29 is 14.3 Å². The van der Waals surface area contributed by atoms with E-state index < -0.39 is 0 Å². The van der Waals surface area contributed by atoms with E-state index in [0.717, 1.165) is 5.56 Å². The number of hydrogen-bond donors (Lipinski definition) is 2. The van der Waals surface area contributed by atoms with Crippen molar-refractivity contribution in [3.05, 3.63) is 78.4 Å². The predicted molar refractivity (Wildman–Crippen MR) is 99.9 cm³/mol. The molecule has 4 aromatic rings. The van der Waals surface area contributed by atoms with Gasteiger partial charge in [0.1, 0.15) is 11.3 Å². The van der Waals surface area contributed by atoms with Crippen LogP contribution in [0, 0.1) is 0 Å². The number of aromatic hydroxyl groups is 1. The van der Waals surface area contributed by atoms with Crippen LogP contribution in [-0.2, 0) is 11.2 Å². The Morgan fingerprint density at radius 2 is 1.77 bits per heavy atom. The van der Waals surface area contributed by atoms with Crippen molar-refractivity contribution in [1.82, 2.24) is 4.98 Å². The highest BCUT2D eigenvalue weighted by Gasteiger charge is 2.14. The van der Waals surface area contributed by atoms with Crippen molar-refractivity contribution in [3.8, 4) is 17.2 Å². The molecule has 0 aliphatic rings. The Morgan fingerprint density at radius 1 is 1.00 bits per heavy atom. The highest BCUT2D eigenvalue weighted by molar-refractivity contribution is 5.93. The number of carbonyl (C=O) groups excluding carboxylic acids is 1. The Kier molecular flexibility index (Phi) is 4.11. The molecule has 3 aromatic carbocycles. The molecule has 1 heterocycles. The number of phenolic OH excluding ortho intramolecular Hbond substituents is 1. The standard InChI is InChI=1S/C21H16N2O3/c24-18-11-10-15(22-20(25)12-14-6-2-1-3-7-14)13-16(18)21-23-17-8-4-5-9-19(17)26-21/h1-11,13,24H,12H2,(H,22,25). The lowest BCUT2D eigenvalue weighted by Crippen LogP contribution is -2.14. The zero-order valence-electron chi connectivity index (χ0n) is 13.8. The number of fused-ring (bicyclic) bond motifs is 1. The van der Waals surface area contributed by atoms with Crippen molar-refractivity contribution in [1.29, 1.82) is 0 Å². The van der Waals surface area contributed by atoms with E-state index in [1.807, 2.05) is 54.6 Å². The van der Waals surface area contributed by atoms with E-state index in [9.17, 15) is 9.90 Å². The summed E-state index contributed by atoms with van der Waals surface area (Å²) in [5.74, 6) is 0.214. The van der Waals surface area contributed by atoms with E-state index in [4.69, 9.17) is 4.42 Å². The average molecular weight is 344 g/mol. The molecule has 4 rings (SSSR count). The molecule has 0 atom stereocenters. The second kappa shape index (κ2) is 6.72. The van der Waals surface area contributed by atoms with Crippen molar-refractivity contribution in [3.63, 3.8) is 0 Å². The molecule has 0 saturated carbocycles. The number of nitrogens with one attached hydrogen (secondary N) is 1. The van der Waals surface area contributed by atoms with Gasteiger partial charge in [-0.05, 0) is 35.9 Å². The van der Waals surface area contributed by atoms with Gasteiger partial charge in [-0.1, -0.05) is 42.5 Å². The number of aromatic nitrogens is 1. The lowest BCUT2D eigenvalue weighted by atomic mass is 10.1. The molecular formula is C21H16N2O3. The number of phenols is 1. The van der Waals surface area contributed by atoms with Crippen LogP contribution in [0.15, 0.2) is 77.2 Å². The third kappa shape index (κ3) is 3.28. The van der Waals surface area contributed by atoms with Crippen molar-refractivity contribution in [2.45, 2.75) is 6.42 Å². The lowest BCUT2D eigenvalue weighted by molar-refractivity contribution is -0.115. The molecule has 0 radical (unpaired) electrons. The summed E-state index contributed by atoms with van der Waals surface area (Å²) in [6, 6.07) is 21.7.